The van der Waals surface area contributed by atoms with E-state index in [1.54, 1.807) is 13.1 Å². The minimum Gasteiger partial charge on any atom is -0.364 e. The molecule has 0 bridgehead atoms. The molecule has 1 atom stereocenters. The predicted molar refractivity (Wildman–Crippen MR) is 133 cm³/mol. The van der Waals surface area contributed by atoms with E-state index in [1.165, 1.54) is 16.1 Å². The zero-order chi connectivity index (χ0) is 21.6. The van der Waals surface area contributed by atoms with Gasteiger partial charge in [0.1, 0.15) is 12.0 Å². The molecule has 0 spiro atoms. The monoisotopic (exact) mass is 561 g/mol. The fraction of sp³-hybridized carbons (Fsp3) is 0.524. The van der Waals surface area contributed by atoms with Crippen molar-refractivity contribution >= 4 is 40.0 Å². The number of halogens is 1. The van der Waals surface area contributed by atoms with E-state index in [9.17, 15) is 8.42 Å². The highest BCUT2D eigenvalue weighted by molar-refractivity contribution is 14.0. The number of nitrogens with zero attached hydrogens (tertiary/aromatic N) is 4. The molecule has 1 N–H and O–H groups in total. The number of aromatic nitrogens is 1. The van der Waals surface area contributed by atoms with Gasteiger partial charge in [-0.05, 0) is 11.5 Å². The average molecular weight is 561 g/mol. The molecule has 1 aromatic heterocycles. The molecule has 0 radical (unpaired) electrons. The van der Waals surface area contributed by atoms with Crippen molar-refractivity contribution in [3.63, 3.8) is 0 Å². The van der Waals surface area contributed by atoms with Crippen molar-refractivity contribution in [3.8, 4) is 0 Å². The maximum Gasteiger partial charge on any atom is 0.220 e. The van der Waals surface area contributed by atoms with Crippen molar-refractivity contribution < 1.29 is 12.9 Å². The largest absolute Gasteiger partial charge is 0.364 e. The molecule has 1 fully saturated rings. The van der Waals surface area contributed by atoms with Gasteiger partial charge in [0.15, 0.2) is 5.96 Å². The number of piperazine rings is 1. The molecule has 10 heteroatoms. The molecule has 1 aliphatic rings. The summed E-state index contributed by atoms with van der Waals surface area (Å²) in [5.74, 6) is 1.53. The van der Waals surface area contributed by atoms with Crippen molar-refractivity contribution in [2.24, 2.45) is 10.9 Å². The minimum atomic E-state index is -3.41. The number of guanidine groups is 1. The van der Waals surface area contributed by atoms with Crippen LogP contribution in [0.5, 0.6) is 0 Å². The van der Waals surface area contributed by atoms with Gasteiger partial charge in [-0.1, -0.05) is 49.3 Å². The molecule has 1 saturated heterocycles. The van der Waals surface area contributed by atoms with E-state index < -0.39 is 10.0 Å². The van der Waals surface area contributed by atoms with E-state index in [0.717, 1.165) is 12.5 Å². The van der Waals surface area contributed by atoms with Crippen LogP contribution in [-0.2, 0) is 15.8 Å². The highest BCUT2D eigenvalue weighted by atomic mass is 127. The van der Waals surface area contributed by atoms with Crippen molar-refractivity contribution in [3.05, 3.63) is 53.9 Å². The Morgan fingerprint density at radius 3 is 2.39 bits per heavy atom. The molecule has 31 heavy (non-hydrogen) atoms. The van der Waals surface area contributed by atoms with E-state index >= 15 is 0 Å². The summed E-state index contributed by atoms with van der Waals surface area (Å²) in [4.78, 5) is 6.54. The molecule has 0 aliphatic carbocycles. The highest BCUT2D eigenvalue weighted by Gasteiger charge is 2.29. The summed E-state index contributed by atoms with van der Waals surface area (Å²) >= 11 is 0. The van der Waals surface area contributed by atoms with Crippen molar-refractivity contribution in [1.29, 1.82) is 0 Å². The average Bonchev–Trinajstić information content (AvgIpc) is 3.24. The Morgan fingerprint density at radius 2 is 1.84 bits per heavy atom. The number of aliphatic imine (C=N–C) groups is 1. The van der Waals surface area contributed by atoms with Crippen LogP contribution >= 0.6 is 24.0 Å². The Hall–Kier alpha value is -1.66. The van der Waals surface area contributed by atoms with Crippen LogP contribution in [0.15, 0.2) is 52.2 Å². The van der Waals surface area contributed by atoms with Crippen LogP contribution in [-0.4, -0.2) is 68.5 Å². The third kappa shape index (κ3) is 6.91. The topological polar surface area (TPSA) is 91.0 Å². The summed E-state index contributed by atoms with van der Waals surface area (Å²) in [6.07, 6.45) is 1.39. The second-order valence-electron chi connectivity index (χ2n) is 7.82. The van der Waals surface area contributed by atoms with E-state index in [4.69, 9.17) is 4.52 Å². The van der Waals surface area contributed by atoms with Crippen LogP contribution in [0.2, 0.25) is 0 Å². The Balaban J connectivity index is 0.00000341. The van der Waals surface area contributed by atoms with E-state index in [1.807, 2.05) is 6.07 Å². The van der Waals surface area contributed by atoms with Crippen LogP contribution in [0.25, 0.3) is 0 Å². The Bertz CT molecular complexity index is 912. The molecule has 1 aromatic carbocycles. The molecule has 1 unspecified atom stereocenters. The lowest BCUT2D eigenvalue weighted by Gasteiger charge is -2.36. The molecular formula is C21H32IN5O3S. The molecule has 172 valence electrons. The van der Waals surface area contributed by atoms with Gasteiger partial charge in [-0.3, -0.25) is 4.99 Å². The number of hydrogen-bond donors (Lipinski definition) is 1. The van der Waals surface area contributed by atoms with Crippen LogP contribution in [0, 0.1) is 5.92 Å². The lowest BCUT2D eigenvalue weighted by Crippen LogP contribution is -2.54. The number of benzene rings is 1. The first-order valence-electron chi connectivity index (χ1n) is 10.3. The number of nitrogens with one attached hydrogen (secondary N) is 1. The SMILES string of the molecule is CN=C(NCC(c1ccccc1)C(C)C)N1CCN(S(=O)(=O)Cc2ccon2)CC1.I. The van der Waals surface area contributed by atoms with Crippen molar-refractivity contribution in [2.45, 2.75) is 25.5 Å². The van der Waals surface area contributed by atoms with Gasteiger partial charge >= 0.3 is 0 Å². The van der Waals surface area contributed by atoms with Crippen molar-refractivity contribution in [1.82, 2.24) is 19.7 Å². The summed E-state index contributed by atoms with van der Waals surface area (Å²) in [6, 6.07) is 12.1. The summed E-state index contributed by atoms with van der Waals surface area (Å²) in [5.41, 5.74) is 1.73. The van der Waals surface area contributed by atoms with E-state index in [0.29, 0.717) is 43.7 Å². The van der Waals surface area contributed by atoms with Gasteiger partial charge in [0, 0.05) is 51.8 Å². The Kier molecular flexibility index (Phi) is 9.76. The zero-order valence-electron chi connectivity index (χ0n) is 18.3. The third-order valence-electron chi connectivity index (χ3n) is 5.48. The van der Waals surface area contributed by atoms with Gasteiger partial charge in [0.25, 0.3) is 0 Å². The fourth-order valence-corrected chi connectivity index (χ4v) is 5.17. The predicted octanol–water partition coefficient (Wildman–Crippen LogP) is 2.76. The number of rotatable bonds is 7. The Morgan fingerprint density at radius 1 is 1.16 bits per heavy atom. The summed E-state index contributed by atoms with van der Waals surface area (Å²) in [5, 5.41) is 7.21. The summed E-state index contributed by atoms with van der Waals surface area (Å²) in [6.45, 7) is 7.26. The fourth-order valence-electron chi connectivity index (χ4n) is 3.74. The smallest absolute Gasteiger partial charge is 0.220 e. The van der Waals surface area contributed by atoms with Crippen LogP contribution in [0.3, 0.4) is 0 Å². The number of sulfonamides is 1. The van der Waals surface area contributed by atoms with Gasteiger partial charge in [0.05, 0.1) is 5.69 Å². The zero-order valence-corrected chi connectivity index (χ0v) is 21.4. The second-order valence-corrected chi connectivity index (χ2v) is 9.79. The second kappa shape index (κ2) is 11.8. The van der Waals surface area contributed by atoms with Gasteiger partial charge in [-0.25, -0.2) is 8.42 Å². The van der Waals surface area contributed by atoms with Gasteiger partial charge in [-0.2, -0.15) is 4.31 Å². The van der Waals surface area contributed by atoms with Crippen LogP contribution in [0.1, 0.15) is 31.0 Å². The maximum atomic E-state index is 12.6. The minimum absolute atomic E-state index is 0. The molecule has 0 amide bonds. The molecule has 2 aromatic rings. The van der Waals surface area contributed by atoms with Crippen LogP contribution < -0.4 is 5.32 Å². The normalized spacial score (nSPS) is 16.8. The first-order valence-corrected chi connectivity index (χ1v) is 11.9. The van der Waals surface area contributed by atoms with E-state index in [2.05, 4.69) is 58.5 Å². The molecule has 3 rings (SSSR count). The first-order chi connectivity index (χ1) is 14.4. The summed E-state index contributed by atoms with van der Waals surface area (Å²) < 4.78 is 31.5. The van der Waals surface area contributed by atoms with Crippen LogP contribution in [0.4, 0.5) is 0 Å². The lowest BCUT2D eigenvalue weighted by atomic mass is 9.88. The van der Waals surface area contributed by atoms with Gasteiger partial charge in [-0.15, -0.1) is 24.0 Å². The lowest BCUT2D eigenvalue weighted by molar-refractivity contribution is 0.259. The summed E-state index contributed by atoms with van der Waals surface area (Å²) in [7, 11) is -1.64. The molecule has 1 aliphatic heterocycles. The molecular weight excluding hydrogens is 529 g/mol. The maximum absolute atomic E-state index is 12.6. The highest BCUT2D eigenvalue weighted by Crippen LogP contribution is 2.23. The van der Waals surface area contributed by atoms with Crippen molar-refractivity contribution in [2.75, 3.05) is 39.8 Å². The molecule has 2 heterocycles. The standard InChI is InChI=1S/C21H31N5O3S.HI/c1-17(2)20(18-7-5-4-6-8-18)15-23-21(22-3)25-10-12-26(13-11-25)30(27,28)16-19-9-14-29-24-19;/h4-9,14,17,20H,10-13,15-16H2,1-3H3,(H,22,23);1H. The molecule has 8 nitrogen and oxygen atoms in total. The van der Waals surface area contributed by atoms with Gasteiger partial charge < -0.3 is 14.7 Å². The Labute approximate surface area is 202 Å². The first kappa shape index (κ1) is 25.6. The third-order valence-corrected chi connectivity index (χ3v) is 7.29. The van der Waals surface area contributed by atoms with E-state index in [-0.39, 0.29) is 29.7 Å². The number of hydrogen-bond acceptors (Lipinski definition) is 5. The molecule has 0 saturated carbocycles. The van der Waals surface area contributed by atoms with Gasteiger partial charge in [0.2, 0.25) is 10.0 Å². The quantitative estimate of drug-likeness (QED) is 0.318.